The van der Waals surface area contributed by atoms with E-state index in [9.17, 15) is 19.5 Å². The largest absolute Gasteiger partial charge is 0.467 e. The van der Waals surface area contributed by atoms with Crippen LogP contribution >= 0.6 is 0 Å². The van der Waals surface area contributed by atoms with Crippen LogP contribution < -0.4 is 0 Å². The van der Waals surface area contributed by atoms with E-state index in [1.54, 1.807) is 20.8 Å². The molecule has 1 N–H and O–H groups in total. The van der Waals surface area contributed by atoms with E-state index in [-0.39, 0.29) is 6.42 Å². The van der Waals surface area contributed by atoms with E-state index in [1.807, 2.05) is 0 Å². The number of amides is 2. The van der Waals surface area contributed by atoms with Gasteiger partial charge in [-0.25, -0.2) is 14.5 Å². The third-order valence-electron chi connectivity index (χ3n) is 3.22. The van der Waals surface area contributed by atoms with Gasteiger partial charge in [-0.3, -0.25) is 4.79 Å². The van der Waals surface area contributed by atoms with Crippen molar-refractivity contribution in [3.63, 3.8) is 0 Å². The molecule has 120 valence electrons. The van der Waals surface area contributed by atoms with Crippen LogP contribution in [0, 0.1) is 5.92 Å². The van der Waals surface area contributed by atoms with Gasteiger partial charge in [0.15, 0.2) is 0 Å². The van der Waals surface area contributed by atoms with Crippen LogP contribution in [0.3, 0.4) is 0 Å². The summed E-state index contributed by atoms with van der Waals surface area (Å²) in [7, 11) is 1.18. The number of carbonyl (C=O) groups is 3. The maximum atomic E-state index is 12.4. The molecule has 0 aromatic rings. The van der Waals surface area contributed by atoms with Gasteiger partial charge in [-0.1, -0.05) is 0 Å². The lowest BCUT2D eigenvalue weighted by molar-refractivity contribution is -0.149. The van der Waals surface area contributed by atoms with Gasteiger partial charge in [0.05, 0.1) is 18.6 Å². The smallest absolute Gasteiger partial charge is 0.417 e. The number of esters is 1. The molecule has 0 aliphatic carbocycles. The van der Waals surface area contributed by atoms with Crippen molar-refractivity contribution in [1.82, 2.24) is 4.90 Å². The highest BCUT2D eigenvalue weighted by Crippen LogP contribution is 2.34. The average molecular weight is 301 g/mol. The number of ether oxygens (including phenoxy) is 2. The first-order valence-electron chi connectivity index (χ1n) is 6.74. The molecule has 1 fully saturated rings. The molecule has 2 amide bonds. The number of nitrogens with zero attached hydrogens (tertiary/aromatic N) is 1. The van der Waals surface area contributed by atoms with E-state index >= 15 is 0 Å². The Hall–Kier alpha value is -1.63. The summed E-state index contributed by atoms with van der Waals surface area (Å²) in [6.07, 6.45) is -0.900. The summed E-state index contributed by atoms with van der Waals surface area (Å²) in [5.74, 6) is -2.21. The van der Waals surface area contributed by atoms with Crippen molar-refractivity contribution >= 4 is 18.0 Å². The van der Waals surface area contributed by atoms with Crippen LogP contribution in [0.25, 0.3) is 0 Å². The molecule has 2 atom stereocenters. The van der Waals surface area contributed by atoms with Gasteiger partial charge in [0, 0.05) is 0 Å². The number of hydrogen-bond acceptors (Lipinski definition) is 6. The molecule has 1 saturated heterocycles. The summed E-state index contributed by atoms with van der Waals surface area (Å²) >= 11 is 0. The number of hydrogen-bond donors (Lipinski definition) is 1. The minimum Gasteiger partial charge on any atom is -0.467 e. The number of imide groups is 1. The highest BCUT2D eigenvalue weighted by Gasteiger charge is 2.53. The van der Waals surface area contributed by atoms with Crippen molar-refractivity contribution in [2.24, 2.45) is 5.92 Å². The molecule has 0 saturated carbocycles. The molecule has 1 heterocycles. The highest BCUT2D eigenvalue weighted by molar-refractivity contribution is 6.01. The number of carbonyl (C=O) groups excluding carboxylic acids is 3. The molecule has 7 nitrogen and oxygen atoms in total. The normalized spacial score (nSPS) is 23.2. The van der Waals surface area contributed by atoms with Crippen molar-refractivity contribution in [2.45, 2.75) is 58.3 Å². The number of likely N-dealkylation sites (tertiary alicyclic amines) is 1. The van der Waals surface area contributed by atoms with E-state index in [4.69, 9.17) is 4.74 Å². The summed E-state index contributed by atoms with van der Waals surface area (Å²) in [6, 6.07) is -1.08. The first-order chi connectivity index (χ1) is 9.38. The maximum absolute atomic E-state index is 12.4. The topological polar surface area (TPSA) is 93.1 Å². The van der Waals surface area contributed by atoms with Crippen molar-refractivity contribution in [3.05, 3.63) is 0 Å². The van der Waals surface area contributed by atoms with Crippen LogP contribution in [0.4, 0.5) is 4.79 Å². The molecule has 0 spiro atoms. The monoisotopic (exact) mass is 301 g/mol. The lowest BCUT2D eigenvalue weighted by Crippen LogP contribution is -2.47. The SMILES string of the molecule is COC(=O)[C@@H]1C[C@@H](C(C)(C)O)C(=O)N1C(=O)OC(C)(C)C. The Morgan fingerprint density at radius 2 is 1.76 bits per heavy atom. The third kappa shape index (κ3) is 3.93. The Labute approximate surface area is 124 Å². The quantitative estimate of drug-likeness (QED) is 0.767. The molecule has 1 aliphatic heterocycles. The Bertz CT molecular complexity index is 445. The Morgan fingerprint density at radius 1 is 1.24 bits per heavy atom. The molecule has 0 unspecified atom stereocenters. The fraction of sp³-hybridized carbons (Fsp3) is 0.786. The predicted octanol–water partition coefficient (Wildman–Crippen LogP) is 1.08. The molecular formula is C14H23NO6. The fourth-order valence-corrected chi connectivity index (χ4v) is 2.21. The lowest BCUT2D eigenvalue weighted by Gasteiger charge is -2.27. The second kappa shape index (κ2) is 5.63. The molecule has 7 heteroatoms. The number of methoxy groups -OCH3 is 1. The third-order valence-corrected chi connectivity index (χ3v) is 3.22. The predicted molar refractivity (Wildman–Crippen MR) is 73.3 cm³/mol. The second-order valence-corrected chi connectivity index (χ2v) is 6.67. The van der Waals surface area contributed by atoms with Crippen LogP contribution in [0.5, 0.6) is 0 Å². The zero-order valence-corrected chi connectivity index (χ0v) is 13.3. The van der Waals surface area contributed by atoms with Crippen molar-refractivity contribution in [2.75, 3.05) is 7.11 Å². The van der Waals surface area contributed by atoms with Gasteiger partial charge in [0.1, 0.15) is 11.6 Å². The van der Waals surface area contributed by atoms with Gasteiger partial charge < -0.3 is 14.6 Å². The fourth-order valence-electron chi connectivity index (χ4n) is 2.21. The molecule has 21 heavy (non-hydrogen) atoms. The van der Waals surface area contributed by atoms with Crippen molar-refractivity contribution in [1.29, 1.82) is 0 Å². The zero-order valence-electron chi connectivity index (χ0n) is 13.3. The molecule has 0 aromatic heterocycles. The Balaban J connectivity index is 3.09. The zero-order chi connectivity index (χ0) is 16.6. The maximum Gasteiger partial charge on any atom is 0.417 e. The Morgan fingerprint density at radius 3 is 2.14 bits per heavy atom. The van der Waals surface area contributed by atoms with Gasteiger partial charge in [-0.15, -0.1) is 0 Å². The van der Waals surface area contributed by atoms with Crippen LogP contribution in [0.15, 0.2) is 0 Å². The molecule has 1 aliphatic rings. The van der Waals surface area contributed by atoms with Gasteiger partial charge in [-0.2, -0.15) is 0 Å². The number of rotatable bonds is 2. The van der Waals surface area contributed by atoms with Gasteiger partial charge >= 0.3 is 12.1 Å². The van der Waals surface area contributed by atoms with Crippen LogP contribution in [0.2, 0.25) is 0 Å². The average Bonchev–Trinajstić information content (AvgIpc) is 2.63. The highest BCUT2D eigenvalue weighted by atomic mass is 16.6. The van der Waals surface area contributed by atoms with E-state index < -0.39 is 41.1 Å². The lowest BCUT2D eigenvalue weighted by atomic mass is 9.88. The van der Waals surface area contributed by atoms with Gasteiger partial charge in [0.2, 0.25) is 5.91 Å². The van der Waals surface area contributed by atoms with E-state index in [2.05, 4.69) is 4.74 Å². The molecule has 0 bridgehead atoms. The number of aliphatic hydroxyl groups is 1. The molecular weight excluding hydrogens is 278 g/mol. The Kier molecular flexibility index (Phi) is 4.67. The summed E-state index contributed by atoms with van der Waals surface area (Å²) in [5.41, 5.74) is -2.15. The van der Waals surface area contributed by atoms with Crippen LogP contribution in [-0.2, 0) is 19.1 Å². The summed E-state index contributed by atoms with van der Waals surface area (Å²) in [4.78, 5) is 37.1. The van der Waals surface area contributed by atoms with E-state index in [1.165, 1.54) is 21.0 Å². The van der Waals surface area contributed by atoms with E-state index in [0.29, 0.717) is 0 Å². The standard InChI is InChI=1S/C14H23NO6/c1-13(2,3)21-12(18)15-9(11(17)20-6)7-8(10(15)16)14(4,5)19/h8-9,19H,7H2,1-6H3/t8-,9+/m1/s1. The van der Waals surface area contributed by atoms with Crippen LogP contribution in [-0.4, -0.2) is 52.3 Å². The van der Waals surface area contributed by atoms with Gasteiger partial charge in [-0.05, 0) is 41.0 Å². The minimum atomic E-state index is -1.35. The van der Waals surface area contributed by atoms with Gasteiger partial charge in [0.25, 0.3) is 0 Å². The second-order valence-electron chi connectivity index (χ2n) is 6.67. The summed E-state index contributed by atoms with van der Waals surface area (Å²) in [6.45, 7) is 7.90. The van der Waals surface area contributed by atoms with E-state index in [0.717, 1.165) is 4.90 Å². The molecule has 0 aromatic carbocycles. The first kappa shape index (κ1) is 17.4. The molecule has 1 rings (SSSR count). The minimum absolute atomic E-state index is 0.00818. The van der Waals surface area contributed by atoms with Crippen molar-refractivity contribution in [3.8, 4) is 0 Å². The van der Waals surface area contributed by atoms with Crippen molar-refractivity contribution < 1.29 is 29.0 Å². The summed E-state index contributed by atoms with van der Waals surface area (Å²) in [5, 5.41) is 10.0. The molecule has 0 radical (unpaired) electrons. The first-order valence-corrected chi connectivity index (χ1v) is 6.74. The summed E-state index contributed by atoms with van der Waals surface area (Å²) < 4.78 is 9.79. The van der Waals surface area contributed by atoms with Crippen LogP contribution in [0.1, 0.15) is 41.0 Å².